The average molecular weight is 406 g/mol. The lowest BCUT2D eigenvalue weighted by Crippen LogP contribution is -2.35. The van der Waals surface area contributed by atoms with Gasteiger partial charge in [0.1, 0.15) is 11.5 Å². The quantitative estimate of drug-likeness (QED) is 0.672. The number of rotatable bonds is 5. The number of hydrogen-bond donors (Lipinski definition) is 2. The molecule has 0 atom stereocenters. The topological polar surface area (TPSA) is 104 Å². The van der Waals surface area contributed by atoms with E-state index < -0.39 is 0 Å². The van der Waals surface area contributed by atoms with Gasteiger partial charge >= 0.3 is 0 Å². The van der Waals surface area contributed by atoms with Crippen LogP contribution < -0.4 is 15.8 Å². The summed E-state index contributed by atoms with van der Waals surface area (Å²) in [5.74, 6) is 1.13. The minimum absolute atomic E-state index is 0.0270. The number of nitrogens with zero attached hydrogens (tertiary/aromatic N) is 4. The van der Waals surface area contributed by atoms with E-state index in [0.717, 1.165) is 60.3 Å². The van der Waals surface area contributed by atoms with Crippen molar-refractivity contribution in [3.05, 3.63) is 57.9 Å². The molecule has 1 amide bonds. The second-order valence-corrected chi connectivity index (χ2v) is 7.73. The smallest absolute Gasteiger partial charge is 0.271 e. The number of piperidine rings is 1. The van der Waals surface area contributed by atoms with Crippen molar-refractivity contribution in [1.82, 2.24) is 25.3 Å². The maximum absolute atomic E-state index is 12.1. The van der Waals surface area contributed by atoms with Crippen molar-refractivity contribution < 1.29 is 4.79 Å². The highest BCUT2D eigenvalue weighted by molar-refractivity contribution is 5.91. The third kappa shape index (κ3) is 4.17. The van der Waals surface area contributed by atoms with Crippen LogP contribution in [-0.2, 0) is 12.8 Å². The molecule has 2 N–H and O–H groups in total. The van der Waals surface area contributed by atoms with Gasteiger partial charge in [0.05, 0.1) is 23.4 Å². The van der Waals surface area contributed by atoms with Crippen LogP contribution in [0.25, 0.3) is 11.0 Å². The highest BCUT2D eigenvalue weighted by atomic mass is 16.1. The zero-order valence-electron chi connectivity index (χ0n) is 17.3. The first-order chi connectivity index (χ1) is 14.6. The van der Waals surface area contributed by atoms with Gasteiger partial charge in [0.15, 0.2) is 0 Å². The molecule has 3 aromatic rings. The number of hydrogen-bond acceptors (Lipinski definition) is 6. The van der Waals surface area contributed by atoms with Gasteiger partial charge < -0.3 is 15.2 Å². The Morgan fingerprint density at radius 1 is 1.17 bits per heavy atom. The first kappa shape index (κ1) is 20.0. The summed E-state index contributed by atoms with van der Waals surface area (Å²) in [5.41, 5.74) is 3.85. The van der Waals surface area contributed by atoms with Crippen LogP contribution in [0.3, 0.4) is 0 Å². The first-order valence-corrected chi connectivity index (χ1v) is 10.4. The summed E-state index contributed by atoms with van der Waals surface area (Å²) in [7, 11) is 1.58. The number of carbonyl (C=O) groups excluding carboxylic acids is 1. The Labute approximate surface area is 174 Å². The van der Waals surface area contributed by atoms with Crippen LogP contribution in [0, 0.1) is 5.92 Å². The van der Waals surface area contributed by atoms with Crippen molar-refractivity contribution in [2.75, 3.05) is 25.0 Å². The summed E-state index contributed by atoms with van der Waals surface area (Å²) in [6.45, 7) is 3.77. The molecule has 8 nitrogen and oxygen atoms in total. The Hall–Kier alpha value is -3.29. The largest absolute Gasteiger partial charge is 0.355 e. The van der Waals surface area contributed by atoms with E-state index in [9.17, 15) is 9.59 Å². The fraction of sp³-hybridized carbons (Fsp3) is 0.409. The van der Waals surface area contributed by atoms with Crippen LogP contribution in [0.2, 0.25) is 0 Å². The van der Waals surface area contributed by atoms with Crippen LogP contribution in [0.15, 0.2) is 35.5 Å². The van der Waals surface area contributed by atoms with E-state index in [0.29, 0.717) is 18.0 Å². The number of carbonyl (C=O) groups is 1. The molecule has 0 saturated carbocycles. The molecule has 0 aromatic carbocycles. The lowest BCUT2D eigenvalue weighted by molar-refractivity contribution is 0.0958. The minimum atomic E-state index is -0.232. The van der Waals surface area contributed by atoms with E-state index in [1.54, 1.807) is 13.2 Å². The van der Waals surface area contributed by atoms with E-state index in [1.807, 2.05) is 19.2 Å². The summed E-state index contributed by atoms with van der Waals surface area (Å²) in [4.78, 5) is 42.0. The summed E-state index contributed by atoms with van der Waals surface area (Å²) < 4.78 is 0. The minimum Gasteiger partial charge on any atom is -0.355 e. The van der Waals surface area contributed by atoms with Crippen LogP contribution >= 0.6 is 0 Å². The van der Waals surface area contributed by atoms with Gasteiger partial charge in [-0.3, -0.25) is 14.6 Å². The van der Waals surface area contributed by atoms with Crippen molar-refractivity contribution in [3.63, 3.8) is 0 Å². The molecule has 4 heterocycles. The van der Waals surface area contributed by atoms with Crippen molar-refractivity contribution in [2.45, 2.75) is 32.6 Å². The lowest BCUT2D eigenvalue weighted by atomic mass is 9.90. The van der Waals surface area contributed by atoms with Gasteiger partial charge in [0.2, 0.25) is 0 Å². The van der Waals surface area contributed by atoms with Crippen molar-refractivity contribution in [3.8, 4) is 0 Å². The second kappa shape index (κ2) is 8.61. The van der Waals surface area contributed by atoms with Crippen LogP contribution in [0.5, 0.6) is 0 Å². The maximum atomic E-state index is 12.1. The molecule has 0 spiro atoms. The molecule has 0 aliphatic carbocycles. The number of amides is 1. The zero-order chi connectivity index (χ0) is 21.1. The molecule has 0 bridgehead atoms. The Bertz CT molecular complexity index is 1100. The molecular weight excluding hydrogens is 380 g/mol. The third-order valence-electron chi connectivity index (χ3n) is 5.77. The van der Waals surface area contributed by atoms with Crippen molar-refractivity contribution in [1.29, 1.82) is 0 Å². The predicted octanol–water partition coefficient (Wildman–Crippen LogP) is 2.09. The third-order valence-corrected chi connectivity index (χ3v) is 5.77. The number of nitrogens with one attached hydrogen (secondary N) is 2. The molecule has 1 aliphatic rings. The van der Waals surface area contributed by atoms with Gasteiger partial charge in [-0.15, -0.1) is 0 Å². The van der Waals surface area contributed by atoms with Gasteiger partial charge in [-0.1, -0.05) is 6.92 Å². The molecule has 156 valence electrons. The van der Waals surface area contributed by atoms with E-state index in [1.165, 1.54) is 6.20 Å². The first-order valence-electron chi connectivity index (χ1n) is 10.4. The highest BCUT2D eigenvalue weighted by Crippen LogP contribution is 2.25. The summed E-state index contributed by atoms with van der Waals surface area (Å²) in [5, 5.41) is 2.55. The van der Waals surface area contributed by atoms with Gasteiger partial charge in [-0.25, -0.2) is 9.97 Å². The van der Waals surface area contributed by atoms with E-state index >= 15 is 0 Å². The number of fused-ring (bicyclic) bond motifs is 1. The second-order valence-electron chi connectivity index (χ2n) is 7.73. The molecule has 0 radical (unpaired) electrons. The van der Waals surface area contributed by atoms with Crippen LogP contribution in [0.4, 0.5) is 5.82 Å². The number of anilines is 1. The molecule has 1 aliphatic heterocycles. The number of H-pyrrole nitrogens is 1. The lowest BCUT2D eigenvalue weighted by Gasteiger charge is -2.32. The van der Waals surface area contributed by atoms with Gasteiger partial charge in [-0.05, 0) is 49.3 Å². The standard InChI is InChI=1S/C22H26N6O2/c1-3-16-10-17-18(27-21(16)29)9-15(11-24-17)8-14-4-6-28(7-5-14)20-13-25-19(12-26-20)22(30)23-2/h9-14H,3-8H2,1-2H3,(H,23,30)(H,27,29). The summed E-state index contributed by atoms with van der Waals surface area (Å²) in [6.07, 6.45) is 8.84. The average Bonchev–Trinajstić information content (AvgIpc) is 2.78. The SMILES string of the molecule is CCc1cc2ncc(CC3CCN(c4cnc(C(=O)NC)cn4)CC3)cc2[nH]c1=O. The molecule has 0 unspecified atom stereocenters. The number of pyridine rings is 2. The Kier molecular flexibility index (Phi) is 5.74. The van der Waals surface area contributed by atoms with Gasteiger partial charge in [-0.2, -0.15) is 0 Å². The Morgan fingerprint density at radius 3 is 2.63 bits per heavy atom. The molecule has 4 rings (SSSR count). The molecule has 30 heavy (non-hydrogen) atoms. The fourth-order valence-corrected chi connectivity index (χ4v) is 3.97. The summed E-state index contributed by atoms with van der Waals surface area (Å²) >= 11 is 0. The van der Waals surface area contributed by atoms with Crippen LogP contribution in [-0.4, -0.2) is 46.0 Å². The zero-order valence-corrected chi connectivity index (χ0v) is 17.3. The Morgan fingerprint density at radius 2 is 1.97 bits per heavy atom. The fourth-order valence-electron chi connectivity index (χ4n) is 3.97. The molecule has 3 aromatic heterocycles. The van der Waals surface area contributed by atoms with Crippen LogP contribution in [0.1, 0.15) is 41.4 Å². The van der Waals surface area contributed by atoms with Gasteiger partial charge in [0.25, 0.3) is 11.5 Å². The van der Waals surface area contributed by atoms with Crippen molar-refractivity contribution >= 4 is 22.8 Å². The van der Waals surface area contributed by atoms with E-state index in [4.69, 9.17) is 0 Å². The number of aryl methyl sites for hydroxylation is 1. The normalized spacial score (nSPS) is 14.8. The van der Waals surface area contributed by atoms with E-state index in [-0.39, 0.29) is 11.5 Å². The summed E-state index contributed by atoms with van der Waals surface area (Å²) in [6, 6.07) is 3.94. The van der Waals surface area contributed by atoms with Crippen molar-refractivity contribution in [2.24, 2.45) is 5.92 Å². The molecular formula is C22H26N6O2. The Balaban J connectivity index is 1.38. The van der Waals surface area contributed by atoms with Gasteiger partial charge in [0, 0.05) is 31.9 Å². The monoisotopic (exact) mass is 406 g/mol. The molecule has 1 saturated heterocycles. The maximum Gasteiger partial charge on any atom is 0.271 e. The highest BCUT2D eigenvalue weighted by Gasteiger charge is 2.21. The predicted molar refractivity (Wildman–Crippen MR) is 116 cm³/mol. The number of aromatic nitrogens is 4. The van der Waals surface area contributed by atoms with E-state index in [2.05, 4.69) is 36.2 Å². The number of aromatic amines is 1. The molecule has 8 heteroatoms. The molecule has 1 fully saturated rings.